The van der Waals surface area contributed by atoms with Crippen molar-refractivity contribution in [3.63, 3.8) is 0 Å². The Hall–Kier alpha value is -1.88. The van der Waals surface area contributed by atoms with Crippen molar-refractivity contribution in [3.05, 3.63) is 24.3 Å². The number of ether oxygens (including phenoxy) is 1. The van der Waals surface area contributed by atoms with Crippen molar-refractivity contribution in [3.8, 4) is 5.75 Å². The second kappa shape index (κ2) is 6.16. The normalized spacial score (nSPS) is 12.1. The summed E-state index contributed by atoms with van der Waals surface area (Å²) in [7, 11) is 0. The van der Waals surface area contributed by atoms with Crippen molar-refractivity contribution in [2.24, 2.45) is 11.7 Å². The van der Waals surface area contributed by atoms with E-state index in [0.29, 0.717) is 11.4 Å². The summed E-state index contributed by atoms with van der Waals surface area (Å²) in [4.78, 5) is 22.4. The number of anilines is 1. The molecule has 5 nitrogen and oxygen atoms in total. The molecule has 0 bridgehead atoms. The predicted octanol–water partition coefficient (Wildman–Crippen LogP) is 1.53. The number of benzene rings is 1. The fourth-order valence-corrected chi connectivity index (χ4v) is 1.27. The molecule has 1 rings (SSSR count). The van der Waals surface area contributed by atoms with E-state index in [4.69, 9.17) is 10.5 Å². The average Bonchev–Trinajstić information content (AvgIpc) is 2.29. The van der Waals surface area contributed by atoms with Crippen LogP contribution in [0.3, 0.4) is 0 Å². The molecular weight excluding hydrogens is 232 g/mol. The summed E-state index contributed by atoms with van der Waals surface area (Å²) in [6.07, 6.45) is 0. The van der Waals surface area contributed by atoms with Gasteiger partial charge in [0.15, 0.2) is 0 Å². The van der Waals surface area contributed by atoms with Crippen molar-refractivity contribution in [1.82, 2.24) is 0 Å². The van der Waals surface area contributed by atoms with E-state index in [0.717, 1.165) is 0 Å². The zero-order valence-electron chi connectivity index (χ0n) is 10.8. The fraction of sp³-hybridized carbons (Fsp3) is 0.385. The van der Waals surface area contributed by atoms with E-state index in [1.807, 2.05) is 13.8 Å². The van der Waals surface area contributed by atoms with Crippen LogP contribution in [-0.4, -0.2) is 17.9 Å². The Morgan fingerprint density at radius 3 is 2.22 bits per heavy atom. The first-order valence-corrected chi connectivity index (χ1v) is 5.75. The highest BCUT2D eigenvalue weighted by molar-refractivity contribution is 5.88. The summed E-state index contributed by atoms with van der Waals surface area (Å²) in [5.74, 6) is -0.180. The van der Waals surface area contributed by atoms with Crippen LogP contribution in [0, 0.1) is 5.92 Å². The van der Waals surface area contributed by atoms with Gasteiger partial charge in [-0.1, -0.05) is 13.8 Å². The van der Waals surface area contributed by atoms with Gasteiger partial charge in [-0.3, -0.25) is 4.79 Å². The molecule has 1 atom stereocenters. The van der Waals surface area contributed by atoms with Gasteiger partial charge >= 0.3 is 5.97 Å². The highest BCUT2D eigenvalue weighted by Crippen LogP contribution is 2.16. The number of hydrogen-bond acceptors (Lipinski definition) is 4. The van der Waals surface area contributed by atoms with Gasteiger partial charge in [-0.25, -0.2) is 4.79 Å². The molecule has 0 unspecified atom stereocenters. The molecule has 1 amide bonds. The summed E-state index contributed by atoms with van der Waals surface area (Å²) in [5, 5.41) is 2.62. The molecular formula is C13H18N2O3. The fourth-order valence-electron chi connectivity index (χ4n) is 1.27. The van der Waals surface area contributed by atoms with Crippen LogP contribution in [0.25, 0.3) is 0 Å². The molecule has 0 fully saturated rings. The number of nitrogens with two attached hydrogens (primary N) is 1. The van der Waals surface area contributed by atoms with Crippen LogP contribution in [0.5, 0.6) is 5.75 Å². The Labute approximate surface area is 106 Å². The van der Waals surface area contributed by atoms with Crippen LogP contribution in [-0.2, 0) is 9.59 Å². The highest BCUT2D eigenvalue weighted by atomic mass is 16.5. The van der Waals surface area contributed by atoms with Crippen LogP contribution < -0.4 is 15.8 Å². The van der Waals surface area contributed by atoms with Crippen LogP contribution >= 0.6 is 0 Å². The summed E-state index contributed by atoms with van der Waals surface area (Å²) < 4.78 is 5.12. The van der Waals surface area contributed by atoms with Crippen molar-refractivity contribution in [2.75, 3.05) is 5.32 Å². The predicted molar refractivity (Wildman–Crippen MR) is 69.2 cm³/mol. The topological polar surface area (TPSA) is 81.4 Å². The first-order chi connectivity index (χ1) is 8.40. The molecule has 0 radical (unpaired) electrons. The van der Waals surface area contributed by atoms with E-state index < -0.39 is 12.0 Å². The van der Waals surface area contributed by atoms with Crippen LogP contribution in [0.4, 0.5) is 5.69 Å². The van der Waals surface area contributed by atoms with E-state index in [1.54, 1.807) is 24.3 Å². The van der Waals surface area contributed by atoms with Crippen LogP contribution in [0.15, 0.2) is 24.3 Å². The molecule has 1 aromatic rings. The lowest BCUT2D eigenvalue weighted by atomic mass is 10.1. The average molecular weight is 250 g/mol. The van der Waals surface area contributed by atoms with Crippen LogP contribution in [0.1, 0.15) is 20.8 Å². The molecule has 0 heterocycles. The Morgan fingerprint density at radius 1 is 1.22 bits per heavy atom. The minimum absolute atomic E-state index is 0.0242. The quantitative estimate of drug-likeness (QED) is 0.627. The maximum Gasteiger partial charge on any atom is 0.328 e. The molecule has 18 heavy (non-hydrogen) atoms. The molecule has 0 aliphatic carbocycles. The Morgan fingerprint density at radius 2 is 1.78 bits per heavy atom. The van der Waals surface area contributed by atoms with E-state index in [1.165, 1.54) is 6.92 Å². The third kappa shape index (κ3) is 4.18. The van der Waals surface area contributed by atoms with E-state index in [9.17, 15) is 9.59 Å². The second-order valence-corrected chi connectivity index (χ2v) is 4.40. The molecule has 0 spiro atoms. The third-order valence-corrected chi connectivity index (χ3v) is 2.38. The number of carbonyl (C=O) groups is 2. The molecule has 5 heteroatoms. The van der Waals surface area contributed by atoms with Gasteiger partial charge in [0.2, 0.25) is 5.91 Å². The van der Waals surface area contributed by atoms with Crippen molar-refractivity contribution >= 4 is 17.6 Å². The highest BCUT2D eigenvalue weighted by Gasteiger charge is 2.19. The zero-order chi connectivity index (χ0) is 13.7. The van der Waals surface area contributed by atoms with E-state index in [2.05, 4.69) is 5.32 Å². The standard InChI is InChI=1S/C13H18N2O3/c1-8(2)12(14)13(17)18-11-6-4-10(5-7-11)15-9(3)16/h4-8,12H,14H2,1-3H3,(H,15,16)/t12-/m0/s1. The first-order valence-electron chi connectivity index (χ1n) is 5.75. The van der Waals surface area contributed by atoms with Gasteiger partial charge in [0.1, 0.15) is 11.8 Å². The number of esters is 1. The molecule has 0 saturated carbocycles. The maximum atomic E-state index is 11.6. The van der Waals surface area contributed by atoms with Gasteiger partial charge in [-0.05, 0) is 30.2 Å². The zero-order valence-corrected chi connectivity index (χ0v) is 10.8. The van der Waals surface area contributed by atoms with Gasteiger partial charge in [-0.2, -0.15) is 0 Å². The van der Waals surface area contributed by atoms with Crippen molar-refractivity contribution in [1.29, 1.82) is 0 Å². The molecule has 0 saturated heterocycles. The summed E-state index contributed by atoms with van der Waals surface area (Å²) in [5.41, 5.74) is 6.32. The largest absolute Gasteiger partial charge is 0.425 e. The van der Waals surface area contributed by atoms with Crippen molar-refractivity contribution in [2.45, 2.75) is 26.8 Å². The molecule has 98 valence electrons. The Balaban J connectivity index is 2.63. The summed E-state index contributed by atoms with van der Waals surface area (Å²) in [6.45, 7) is 5.13. The molecule has 0 aliphatic heterocycles. The number of rotatable bonds is 4. The molecule has 0 aromatic heterocycles. The lowest BCUT2D eigenvalue weighted by Gasteiger charge is -2.14. The molecule has 0 aliphatic rings. The number of amides is 1. The summed E-state index contributed by atoms with van der Waals surface area (Å²) >= 11 is 0. The lowest BCUT2D eigenvalue weighted by molar-refractivity contribution is -0.136. The van der Waals surface area contributed by atoms with Gasteiger partial charge in [-0.15, -0.1) is 0 Å². The van der Waals surface area contributed by atoms with Gasteiger partial charge in [0.25, 0.3) is 0 Å². The number of nitrogens with one attached hydrogen (secondary N) is 1. The van der Waals surface area contributed by atoms with Gasteiger partial charge < -0.3 is 15.8 Å². The van der Waals surface area contributed by atoms with Crippen molar-refractivity contribution < 1.29 is 14.3 Å². The minimum atomic E-state index is -0.639. The SMILES string of the molecule is CC(=O)Nc1ccc(OC(=O)[C@@H](N)C(C)C)cc1. The molecule has 3 N–H and O–H groups in total. The maximum absolute atomic E-state index is 11.6. The third-order valence-electron chi connectivity index (χ3n) is 2.38. The monoisotopic (exact) mass is 250 g/mol. The minimum Gasteiger partial charge on any atom is -0.425 e. The Bertz CT molecular complexity index is 426. The van der Waals surface area contributed by atoms with Gasteiger partial charge in [0.05, 0.1) is 0 Å². The number of hydrogen-bond donors (Lipinski definition) is 2. The number of carbonyl (C=O) groups excluding carboxylic acids is 2. The van der Waals surface area contributed by atoms with Crippen LogP contribution in [0.2, 0.25) is 0 Å². The smallest absolute Gasteiger partial charge is 0.328 e. The lowest BCUT2D eigenvalue weighted by Crippen LogP contribution is -2.38. The van der Waals surface area contributed by atoms with Gasteiger partial charge in [0, 0.05) is 12.6 Å². The summed E-state index contributed by atoms with van der Waals surface area (Å²) in [6, 6.07) is 5.89. The van der Waals surface area contributed by atoms with E-state index in [-0.39, 0.29) is 11.8 Å². The Kier molecular flexibility index (Phi) is 4.85. The second-order valence-electron chi connectivity index (χ2n) is 4.40. The van der Waals surface area contributed by atoms with E-state index >= 15 is 0 Å². The first kappa shape index (κ1) is 14.2. The molecule has 1 aromatic carbocycles.